The van der Waals surface area contributed by atoms with Crippen molar-refractivity contribution >= 4 is 23.5 Å². The highest BCUT2D eigenvalue weighted by Crippen LogP contribution is 2.20. The van der Waals surface area contributed by atoms with Crippen molar-refractivity contribution < 1.29 is 19.1 Å². The summed E-state index contributed by atoms with van der Waals surface area (Å²) in [4.78, 5) is 22.9. The molecule has 1 aromatic rings. The molecule has 0 fully saturated rings. The summed E-state index contributed by atoms with van der Waals surface area (Å²) in [6.07, 6.45) is 1.62. The van der Waals surface area contributed by atoms with E-state index in [9.17, 15) is 14.0 Å². The number of carbonyl (C=O) groups is 2. The number of rotatable bonds is 4. The van der Waals surface area contributed by atoms with Gasteiger partial charge in [-0.15, -0.1) is 0 Å². The van der Waals surface area contributed by atoms with E-state index >= 15 is 0 Å². The minimum Gasteiger partial charge on any atom is -0.478 e. The van der Waals surface area contributed by atoms with E-state index < -0.39 is 17.7 Å². The van der Waals surface area contributed by atoms with E-state index in [0.29, 0.717) is 0 Å². The number of amides is 1. The Morgan fingerprint density at radius 2 is 2.11 bits per heavy atom. The molecule has 0 bridgehead atoms. The molecule has 0 saturated heterocycles. The first-order valence-electron chi connectivity index (χ1n) is 5.01. The van der Waals surface area contributed by atoms with E-state index in [1.165, 1.54) is 30.1 Å². The Morgan fingerprint density at radius 1 is 1.44 bits per heavy atom. The maximum atomic E-state index is 13.5. The summed E-state index contributed by atoms with van der Waals surface area (Å²) >= 11 is 5.82. The summed E-state index contributed by atoms with van der Waals surface area (Å²) in [6.45, 7) is -0.0334. The third-order valence-corrected chi connectivity index (χ3v) is 2.56. The molecule has 6 heteroatoms. The average Bonchev–Trinajstić information content (AvgIpc) is 2.30. The Kier molecular flexibility index (Phi) is 4.85. The molecule has 0 aliphatic heterocycles. The first-order chi connectivity index (χ1) is 8.41. The number of aliphatic carboxylic acids is 1. The van der Waals surface area contributed by atoms with Crippen molar-refractivity contribution in [3.05, 3.63) is 46.8 Å². The second-order valence-electron chi connectivity index (χ2n) is 3.57. The zero-order valence-electron chi connectivity index (χ0n) is 9.56. The predicted molar refractivity (Wildman–Crippen MR) is 64.7 cm³/mol. The van der Waals surface area contributed by atoms with E-state index in [2.05, 4.69) is 0 Å². The highest BCUT2D eigenvalue weighted by atomic mass is 35.5. The van der Waals surface area contributed by atoms with Gasteiger partial charge in [-0.2, -0.15) is 0 Å². The molecule has 4 nitrogen and oxygen atoms in total. The molecule has 0 saturated carbocycles. The summed E-state index contributed by atoms with van der Waals surface area (Å²) in [6, 6.07) is 4.23. The number of nitrogens with zero attached hydrogens (tertiary/aromatic N) is 1. The van der Waals surface area contributed by atoms with Gasteiger partial charge < -0.3 is 10.0 Å². The van der Waals surface area contributed by atoms with Gasteiger partial charge in [-0.3, -0.25) is 4.79 Å². The molecule has 1 amide bonds. The third kappa shape index (κ3) is 3.85. The lowest BCUT2D eigenvalue weighted by molar-refractivity contribution is -0.132. The maximum absolute atomic E-state index is 13.5. The lowest BCUT2D eigenvalue weighted by Crippen LogP contribution is -2.25. The molecule has 0 radical (unpaired) electrons. The number of benzene rings is 1. The van der Waals surface area contributed by atoms with Crippen molar-refractivity contribution in [2.24, 2.45) is 0 Å². The summed E-state index contributed by atoms with van der Waals surface area (Å²) in [5.74, 6) is -2.28. The van der Waals surface area contributed by atoms with E-state index in [4.69, 9.17) is 16.7 Å². The van der Waals surface area contributed by atoms with E-state index in [1.807, 2.05) is 0 Å². The first-order valence-corrected chi connectivity index (χ1v) is 5.38. The molecule has 1 aromatic carbocycles. The van der Waals surface area contributed by atoms with Gasteiger partial charge in [0.05, 0.1) is 0 Å². The molecular formula is C12H11ClFNO3. The highest BCUT2D eigenvalue weighted by Gasteiger charge is 2.12. The lowest BCUT2D eigenvalue weighted by atomic mass is 10.2. The Bertz CT molecular complexity index is 482. The van der Waals surface area contributed by atoms with Crippen LogP contribution < -0.4 is 0 Å². The number of hydrogen-bond donors (Lipinski definition) is 1. The Labute approximate surface area is 108 Å². The molecule has 0 spiro atoms. The smallest absolute Gasteiger partial charge is 0.328 e. The van der Waals surface area contributed by atoms with Gasteiger partial charge >= 0.3 is 5.97 Å². The number of halogens is 2. The molecule has 1 rings (SSSR count). The van der Waals surface area contributed by atoms with Crippen LogP contribution in [-0.2, 0) is 16.1 Å². The Hall–Kier alpha value is -1.88. The van der Waals surface area contributed by atoms with Crippen molar-refractivity contribution in [1.82, 2.24) is 4.90 Å². The third-order valence-electron chi connectivity index (χ3n) is 2.20. The van der Waals surface area contributed by atoms with Crippen LogP contribution in [0.15, 0.2) is 30.4 Å². The molecule has 0 unspecified atom stereocenters. The topological polar surface area (TPSA) is 57.6 Å². The molecule has 0 aliphatic carbocycles. The van der Waals surface area contributed by atoms with Crippen LogP contribution in [0.4, 0.5) is 4.39 Å². The van der Waals surface area contributed by atoms with Gasteiger partial charge in [-0.05, 0) is 12.1 Å². The Morgan fingerprint density at radius 3 is 2.67 bits per heavy atom. The van der Waals surface area contributed by atoms with Crippen LogP contribution >= 0.6 is 11.6 Å². The average molecular weight is 272 g/mol. The fourth-order valence-electron chi connectivity index (χ4n) is 1.27. The van der Waals surface area contributed by atoms with Gasteiger partial charge in [0.15, 0.2) is 0 Å². The van der Waals surface area contributed by atoms with Gasteiger partial charge in [-0.25, -0.2) is 9.18 Å². The number of hydrogen-bond acceptors (Lipinski definition) is 2. The standard InChI is InChI=1S/C12H11ClFNO3/c1-15(11(16)5-6-12(17)18)7-8-9(13)3-2-4-10(8)14/h2-6H,7H2,1H3,(H,17,18)/b6-5+. The lowest BCUT2D eigenvalue weighted by Gasteiger charge is -2.16. The second-order valence-corrected chi connectivity index (χ2v) is 3.97. The van der Waals surface area contributed by atoms with Gasteiger partial charge in [0, 0.05) is 36.3 Å². The van der Waals surface area contributed by atoms with Crippen LogP contribution in [0.3, 0.4) is 0 Å². The number of carboxylic acids is 1. The van der Waals surface area contributed by atoms with Crippen LogP contribution in [0.1, 0.15) is 5.56 Å². The molecule has 0 heterocycles. The Balaban J connectivity index is 2.79. The van der Waals surface area contributed by atoms with Gasteiger partial charge in [0.1, 0.15) is 5.82 Å². The van der Waals surface area contributed by atoms with Gasteiger partial charge in [0.2, 0.25) is 5.91 Å². The molecule has 18 heavy (non-hydrogen) atoms. The van der Waals surface area contributed by atoms with Gasteiger partial charge in [0.25, 0.3) is 0 Å². The predicted octanol–water partition coefficient (Wildman–Crippen LogP) is 2.08. The molecule has 0 aromatic heterocycles. The molecule has 0 atom stereocenters. The normalized spacial score (nSPS) is 10.6. The first kappa shape index (κ1) is 14.2. The number of carboxylic acid groups (broad SMARTS) is 1. The van der Waals surface area contributed by atoms with Gasteiger partial charge in [-0.1, -0.05) is 17.7 Å². The summed E-state index contributed by atoms with van der Waals surface area (Å²) in [5, 5.41) is 8.60. The van der Waals surface area contributed by atoms with Crippen molar-refractivity contribution in [3.8, 4) is 0 Å². The fraction of sp³-hybridized carbons (Fsp3) is 0.167. The van der Waals surface area contributed by atoms with E-state index in [-0.39, 0.29) is 17.1 Å². The molecular weight excluding hydrogens is 261 g/mol. The summed E-state index contributed by atoms with van der Waals surface area (Å²) in [7, 11) is 1.43. The van der Waals surface area contributed by atoms with Crippen LogP contribution in [0.2, 0.25) is 5.02 Å². The second kappa shape index (κ2) is 6.16. The summed E-state index contributed by atoms with van der Waals surface area (Å²) in [5.41, 5.74) is 0.193. The van der Waals surface area contributed by atoms with Crippen LogP contribution in [0, 0.1) is 5.82 Å². The number of likely N-dealkylation sites (N-methyl/N-ethyl adjacent to an activating group) is 1. The van der Waals surface area contributed by atoms with Crippen molar-refractivity contribution in [3.63, 3.8) is 0 Å². The number of carbonyl (C=O) groups excluding carboxylic acids is 1. The largest absolute Gasteiger partial charge is 0.478 e. The minimum absolute atomic E-state index is 0.0334. The molecule has 96 valence electrons. The minimum atomic E-state index is -1.22. The van der Waals surface area contributed by atoms with Crippen molar-refractivity contribution in [2.45, 2.75) is 6.54 Å². The fourth-order valence-corrected chi connectivity index (χ4v) is 1.49. The van der Waals surface area contributed by atoms with Crippen molar-refractivity contribution in [1.29, 1.82) is 0 Å². The van der Waals surface area contributed by atoms with E-state index in [0.717, 1.165) is 12.2 Å². The zero-order valence-corrected chi connectivity index (χ0v) is 10.3. The summed E-state index contributed by atoms with van der Waals surface area (Å²) < 4.78 is 13.5. The highest BCUT2D eigenvalue weighted by molar-refractivity contribution is 6.31. The quantitative estimate of drug-likeness (QED) is 0.853. The van der Waals surface area contributed by atoms with Crippen LogP contribution in [0.25, 0.3) is 0 Å². The zero-order chi connectivity index (χ0) is 13.7. The maximum Gasteiger partial charge on any atom is 0.328 e. The van der Waals surface area contributed by atoms with Crippen LogP contribution in [0.5, 0.6) is 0 Å². The SMILES string of the molecule is CN(Cc1c(F)cccc1Cl)C(=O)/C=C/C(=O)O. The monoisotopic (exact) mass is 271 g/mol. The molecule has 0 aliphatic rings. The van der Waals surface area contributed by atoms with Crippen molar-refractivity contribution in [2.75, 3.05) is 7.05 Å². The van der Waals surface area contributed by atoms with Crippen LogP contribution in [-0.4, -0.2) is 28.9 Å². The molecule has 1 N–H and O–H groups in total. The van der Waals surface area contributed by atoms with E-state index in [1.54, 1.807) is 0 Å².